The molecule has 0 saturated carbocycles. The summed E-state index contributed by atoms with van der Waals surface area (Å²) in [4.78, 5) is 14.9. The molecule has 0 fully saturated rings. The first kappa shape index (κ1) is 11.0. The van der Waals surface area contributed by atoms with Crippen molar-refractivity contribution in [1.29, 1.82) is 0 Å². The second kappa shape index (κ2) is 5.58. The van der Waals surface area contributed by atoms with Gasteiger partial charge in [-0.25, -0.2) is 4.79 Å². The van der Waals surface area contributed by atoms with Gasteiger partial charge in [-0.05, 0) is 19.1 Å². The second-order valence-electron chi connectivity index (χ2n) is 2.57. The number of aromatic nitrogens is 1. The van der Waals surface area contributed by atoms with Crippen molar-refractivity contribution in [3.8, 4) is 0 Å². The van der Waals surface area contributed by atoms with E-state index in [2.05, 4.69) is 20.2 Å². The van der Waals surface area contributed by atoms with Gasteiger partial charge in [0.15, 0.2) is 0 Å². The first-order valence-electron chi connectivity index (χ1n) is 4.40. The Morgan fingerprint density at radius 1 is 1.73 bits per heavy atom. The Hall–Kier alpha value is -2.11. The topological polar surface area (TPSA) is 89.6 Å². The van der Waals surface area contributed by atoms with E-state index >= 15 is 0 Å². The van der Waals surface area contributed by atoms with E-state index in [1.54, 1.807) is 31.5 Å². The summed E-state index contributed by atoms with van der Waals surface area (Å²) in [6, 6.07) is 3.48. The molecular weight excluding hydrogens is 196 g/mol. The zero-order chi connectivity index (χ0) is 11.1. The van der Waals surface area contributed by atoms with Gasteiger partial charge in [0.05, 0.1) is 18.5 Å². The first-order chi connectivity index (χ1) is 7.24. The Morgan fingerprint density at radius 2 is 2.53 bits per heavy atom. The highest BCUT2D eigenvalue weighted by Crippen LogP contribution is 2.01. The van der Waals surface area contributed by atoms with Crippen LogP contribution in [0.3, 0.4) is 0 Å². The van der Waals surface area contributed by atoms with Crippen molar-refractivity contribution < 1.29 is 9.53 Å². The summed E-state index contributed by atoms with van der Waals surface area (Å²) in [6.07, 6.45) is 3.19. The molecule has 0 atom stereocenters. The number of nitrogens with zero attached hydrogens (tertiary/aromatic N) is 2. The summed E-state index contributed by atoms with van der Waals surface area (Å²) in [5.74, 6) is -0.866. The highest BCUT2D eigenvalue weighted by molar-refractivity contribution is 6.34. The fraction of sp³-hybridized carbons (Fsp3) is 0.222. The van der Waals surface area contributed by atoms with Crippen LogP contribution in [0.4, 0.5) is 5.69 Å². The molecule has 1 heterocycles. The Morgan fingerprint density at radius 3 is 3.13 bits per heavy atom. The van der Waals surface area contributed by atoms with Crippen LogP contribution in [-0.4, -0.2) is 23.4 Å². The van der Waals surface area contributed by atoms with Gasteiger partial charge < -0.3 is 10.5 Å². The summed E-state index contributed by atoms with van der Waals surface area (Å²) >= 11 is 0. The molecule has 0 aliphatic carbocycles. The molecule has 0 saturated heterocycles. The molecule has 0 spiro atoms. The van der Waals surface area contributed by atoms with Gasteiger partial charge in [-0.3, -0.25) is 10.4 Å². The smallest absolute Gasteiger partial charge is 0.375 e. The zero-order valence-electron chi connectivity index (χ0n) is 8.30. The second-order valence-corrected chi connectivity index (χ2v) is 2.57. The molecule has 0 amide bonds. The fourth-order valence-corrected chi connectivity index (χ4v) is 0.804. The van der Waals surface area contributed by atoms with Crippen molar-refractivity contribution in [1.82, 2.24) is 4.98 Å². The Kier molecular flexibility index (Phi) is 4.08. The molecule has 0 aliphatic rings. The predicted octanol–water partition coefficient (Wildman–Crippen LogP) is 0.329. The lowest BCUT2D eigenvalue weighted by Gasteiger charge is -2.01. The molecule has 1 rings (SSSR count). The summed E-state index contributed by atoms with van der Waals surface area (Å²) in [7, 11) is 0. The lowest BCUT2D eigenvalue weighted by Crippen LogP contribution is -2.27. The maximum absolute atomic E-state index is 11.0. The lowest BCUT2D eigenvalue weighted by atomic mass is 10.4. The number of hydrazone groups is 1. The average Bonchev–Trinajstić information content (AvgIpc) is 2.27. The third-order valence-electron chi connectivity index (χ3n) is 1.45. The molecule has 6 nitrogen and oxygen atoms in total. The molecule has 0 aromatic carbocycles. The Labute approximate surface area is 87.1 Å². The van der Waals surface area contributed by atoms with E-state index in [0.29, 0.717) is 5.69 Å². The Balaban J connectivity index is 2.54. The van der Waals surface area contributed by atoms with Crippen molar-refractivity contribution >= 4 is 17.5 Å². The third kappa shape index (κ3) is 3.63. The van der Waals surface area contributed by atoms with Crippen molar-refractivity contribution in [2.45, 2.75) is 6.92 Å². The van der Waals surface area contributed by atoms with E-state index in [-0.39, 0.29) is 12.4 Å². The van der Waals surface area contributed by atoms with E-state index in [9.17, 15) is 4.79 Å². The van der Waals surface area contributed by atoms with E-state index in [1.165, 1.54) is 0 Å². The molecule has 3 N–H and O–H groups in total. The monoisotopic (exact) mass is 208 g/mol. The summed E-state index contributed by atoms with van der Waals surface area (Å²) in [6.45, 7) is 1.96. The first-order valence-corrected chi connectivity index (χ1v) is 4.40. The SMILES string of the molecule is CCOC(=O)/C(N)=N/Nc1cccnc1. The van der Waals surface area contributed by atoms with E-state index in [4.69, 9.17) is 5.73 Å². The number of carbonyl (C=O) groups is 1. The van der Waals surface area contributed by atoms with Crippen LogP contribution in [0.1, 0.15) is 6.92 Å². The number of carbonyl (C=O) groups excluding carboxylic acids is 1. The maximum atomic E-state index is 11.0. The van der Waals surface area contributed by atoms with Crippen LogP contribution in [0.2, 0.25) is 0 Å². The highest BCUT2D eigenvalue weighted by atomic mass is 16.5. The third-order valence-corrected chi connectivity index (χ3v) is 1.45. The minimum Gasteiger partial charge on any atom is -0.460 e. The van der Waals surface area contributed by atoms with Gasteiger partial charge in [-0.15, -0.1) is 5.10 Å². The molecule has 1 aromatic heterocycles. The predicted molar refractivity (Wildman–Crippen MR) is 56.1 cm³/mol. The molecule has 6 heteroatoms. The Bertz CT molecular complexity index is 350. The van der Waals surface area contributed by atoms with E-state index in [0.717, 1.165) is 0 Å². The number of nitrogens with two attached hydrogens (primary N) is 1. The number of hydrogen-bond acceptors (Lipinski definition) is 5. The number of pyridine rings is 1. The standard InChI is InChI=1S/C9H12N4O2/c1-2-15-9(14)8(10)13-12-7-4-3-5-11-6-7/h3-6,12H,2H2,1H3,(H2,10,13). The highest BCUT2D eigenvalue weighted by Gasteiger charge is 2.06. The molecule has 15 heavy (non-hydrogen) atoms. The number of ether oxygens (including phenoxy) is 1. The van der Waals surface area contributed by atoms with Crippen LogP contribution < -0.4 is 11.2 Å². The average molecular weight is 208 g/mol. The number of esters is 1. The van der Waals surface area contributed by atoms with Crippen LogP contribution >= 0.6 is 0 Å². The van der Waals surface area contributed by atoms with Gasteiger partial charge in [0.1, 0.15) is 0 Å². The minimum absolute atomic E-state index is 0.222. The lowest BCUT2D eigenvalue weighted by molar-refractivity contribution is -0.135. The van der Waals surface area contributed by atoms with Crippen LogP contribution in [0.25, 0.3) is 0 Å². The van der Waals surface area contributed by atoms with E-state index in [1.807, 2.05) is 0 Å². The molecule has 0 radical (unpaired) electrons. The quantitative estimate of drug-likeness (QED) is 0.323. The molecule has 0 unspecified atom stereocenters. The summed E-state index contributed by atoms with van der Waals surface area (Å²) < 4.78 is 4.64. The molecule has 1 aromatic rings. The fourth-order valence-electron chi connectivity index (χ4n) is 0.804. The van der Waals surface area contributed by atoms with Gasteiger partial charge in [-0.2, -0.15) is 0 Å². The number of amidine groups is 1. The molecule has 0 aliphatic heterocycles. The summed E-state index contributed by atoms with van der Waals surface area (Å²) in [5, 5.41) is 3.64. The normalized spacial score (nSPS) is 10.9. The summed E-state index contributed by atoms with van der Waals surface area (Å²) in [5.41, 5.74) is 8.57. The van der Waals surface area contributed by atoms with Crippen molar-refractivity contribution in [2.24, 2.45) is 10.8 Å². The zero-order valence-corrected chi connectivity index (χ0v) is 8.30. The number of anilines is 1. The molecule has 0 bridgehead atoms. The van der Waals surface area contributed by atoms with Gasteiger partial charge in [-0.1, -0.05) is 0 Å². The molecular formula is C9H12N4O2. The number of rotatable bonds is 3. The van der Waals surface area contributed by atoms with Crippen LogP contribution in [-0.2, 0) is 9.53 Å². The molecule has 80 valence electrons. The minimum atomic E-state index is -0.645. The van der Waals surface area contributed by atoms with Crippen LogP contribution in [0, 0.1) is 0 Å². The number of hydrogen-bond donors (Lipinski definition) is 2. The van der Waals surface area contributed by atoms with Gasteiger partial charge in [0, 0.05) is 6.20 Å². The largest absolute Gasteiger partial charge is 0.460 e. The number of nitrogens with one attached hydrogen (secondary N) is 1. The van der Waals surface area contributed by atoms with Crippen LogP contribution in [0.5, 0.6) is 0 Å². The van der Waals surface area contributed by atoms with Gasteiger partial charge >= 0.3 is 5.97 Å². The van der Waals surface area contributed by atoms with Crippen molar-refractivity contribution in [3.05, 3.63) is 24.5 Å². The maximum Gasteiger partial charge on any atom is 0.375 e. The van der Waals surface area contributed by atoms with Crippen molar-refractivity contribution in [3.63, 3.8) is 0 Å². The van der Waals surface area contributed by atoms with Gasteiger partial charge in [0.25, 0.3) is 0 Å². The van der Waals surface area contributed by atoms with Gasteiger partial charge in [0.2, 0.25) is 5.84 Å². The van der Waals surface area contributed by atoms with Crippen molar-refractivity contribution in [2.75, 3.05) is 12.0 Å². The van der Waals surface area contributed by atoms with Crippen LogP contribution in [0.15, 0.2) is 29.6 Å². The van der Waals surface area contributed by atoms with E-state index < -0.39 is 5.97 Å².